The molecule has 3 heterocycles. The molecule has 0 aromatic rings. The summed E-state index contributed by atoms with van der Waals surface area (Å²) in [5.41, 5.74) is 0. The van der Waals surface area contributed by atoms with Crippen LogP contribution < -0.4 is 5.32 Å². The van der Waals surface area contributed by atoms with Crippen molar-refractivity contribution in [3.63, 3.8) is 0 Å². The second kappa shape index (κ2) is 6.16. The van der Waals surface area contributed by atoms with Gasteiger partial charge in [0.2, 0.25) is 6.29 Å². The molecule has 7 heteroatoms. The molecule has 4 atom stereocenters. The smallest absolute Gasteiger partial charge is 0.254 e. The molecule has 0 aromatic heterocycles. The second-order valence-corrected chi connectivity index (χ2v) is 8.00. The van der Waals surface area contributed by atoms with Crippen molar-refractivity contribution >= 4 is 5.91 Å². The Hall–Kier alpha value is -0.730. The van der Waals surface area contributed by atoms with Crippen LogP contribution in [0.4, 0.5) is 0 Å². The van der Waals surface area contributed by atoms with E-state index in [4.69, 9.17) is 23.7 Å². The quantitative estimate of drug-likeness (QED) is 0.776. The standard InChI is InChI=1S/C18H27NO6/c20-14-13(12-11-21-17(23-12)7-3-1-4-8-17)22-16-15(19-14)24-18(25-16)9-5-2-6-10-18/h12-13,15-16H,1-11H2,(H,19,20)/t12-,13-,15+,16-/m1/s1. The molecule has 1 amide bonds. The number of hydrogen-bond donors (Lipinski definition) is 1. The van der Waals surface area contributed by atoms with Crippen molar-refractivity contribution in [2.75, 3.05) is 6.61 Å². The van der Waals surface area contributed by atoms with Crippen LogP contribution in [0.5, 0.6) is 0 Å². The lowest BCUT2D eigenvalue weighted by atomic mass is 9.94. The fraction of sp³-hybridized carbons (Fsp3) is 0.944. The summed E-state index contributed by atoms with van der Waals surface area (Å²) in [5.74, 6) is -1.30. The normalized spacial score (nSPS) is 42.5. The van der Waals surface area contributed by atoms with Crippen molar-refractivity contribution in [1.29, 1.82) is 0 Å². The fourth-order valence-electron chi connectivity index (χ4n) is 4.88. The summed E-state index contributed by atoms with van der Waals surface area (Å²) >= 11 is 0. The zero-order chi connectivity index (χ0) is 16.9. The predicted octanol–water partition coefficient (Wildman–Crippen LogP) is 1.94. The van der Waals surface area contributed by atoms with E-state index >= 15 is 0 Å². The molecular formula is C18H27NO6. The van der Waals surface area contributed by atoms with Crippen LogP contribution in [0.25, 0.3) is 0 Å². The van der Waals surface area contributed by atoms with Crippen molar-refractivity contribution in [3.8, 4) is 0 Å². The van der Waals surface area contributed by atoms with Gasteiger partial charge in [-0.2, -0.15) is 0 Å². The molecule has 1 N–H and O–H groups in total. The van der Waals surface area contributed by atoms with E-state index in [0.29, 0.717) is 6.61 Å². The van der Waals surface area contributed by atoms with E-state index in [1.807, 2.05) is 0 Å². The molecule has 5 fully saturated rings. The zero-order valence-corrected chi connectivity index (χ0v) is 14.5. The van der Waals surface area contributed by atoms with Gasteiger partial charge in [-0.25, -0.2) is 0 Å². The highest BCUT2D eigenvalue weighted by atomic mass is 16.8. The van der Waals surface area contributed by atoms with Gasteiger partial charge < -0.3 is 29.0 Å². The van der Waals surface area contributed by atoms with Crippen LogP contribution in [-0.4, -0.2) is 48.8 Å². The Morgan fingerprint density at radius 1 is 0.840 bits per heavy atom. The van der Waals surface area contributed by atoms with Gasteiger partial charge in [-0.15, -0.1) is 0 Å². The first-order valence-electron chi connectivity index (χ1n) is 9.80. The summed E-state index contributed by atoms with van der Waals surface area (Å²) in [7, 11) is 0. The highest BCUT2D eigenvalue weighted by Gasteiger charge is 2.56. The summed E-state index contributed by atoms with van der Waals surface area (Å²) in [4.78, 5) is 12.6. The average Bonchev–Trinajstić information content (AvgIpc) is 3.16. The topological polar surface area (TPSA) is 75.3 Å². The number of hydrogen-bond acceptors (Lipinski definition) is 6. The van der Waals surface area contributed by atoms with E-state index in [1.54, 1.807) is 0 Å². The highest BCUT2D eigenvalue weighted by molar-refractivity contribution is 5.82. The Labute approximate surface area is 147 Å². The molecule has 2 saturated carbocycles. The summed E-state index contributed by atoms with van der Waals surface area (Å²) in [5, 5.41) is 2.92. The van der Waals surface area contributed by atoms with Crippen molar-refractivity contribution in [2.24, 2.45) is 0 Å². The Balaban J connectivity index is 1.26. The number of ether oxygens (including phenoxy) is 5. The number of carbonyl (C=O) groups is 1. The third-order valence-electron chi connectivity index (χ3n) is 6.19. The van der Waals surface area contributed by atoms with E-state index < -0.39 is 30.2 Å². The Bertz CT molecular complexity index is 528. The first-order chi connectivity index (χ1) is 12.2. The van der Waals surface area contributed by atoms with Gasteiger partial charge in [0.05, 0.1) is 6.61 Å². The average molecular weight is 353 g/mol. The van der Waals surface area contributed by atoms with Gasteiger partial charge in [0.1, 0.15) is 6.10 Å². The van der Waals surface area contributed by atoms with Gasteiger partial charge in [0.25, 0.3) is 5.91 Å². The van der Waals surface area contributed by atoms with E-state index in [-0.39, 0.29) is 12.0 Å². The maximum Gasteiger partial charge on any atom is 0.254 e. The molecule has 0 aromatic carbocycles. The largest absolute Gasteiger partial charge is 0.347 e. The maximum absolute atomic E-state index is 12.6. The minimum absolute atomic E-state index is 0.195. The molecular weight excluding hydrogens is 326 g/mol. The number of rotatable bonds is 1. The summed E-state index contributed by atoms with van der Waals surface area (Å²) in [6.07, 6.45) is 8.13. The zero-order valence-electron chi connectivity index (χ0n) is 14.5. The predicted molar refractivity (Wildman–Crippen MR) is 85.2 cm³/mol. The lowest BCUT2D eigenvalue weighted by Gasteiger charge is -2.35. The van der Waals surface area contributed by atoms with Gasteiger partial charge in [0, 0.05) is 25.7 Å². The van der Waals surface area contributed by atoms with E-state index in [0.717, 1.165) is 51.4 Å². The summed E-state index contributed by atoms with van der Waals surface area (Å²) < 4.78 is 30.3. The lowest BCUT2D eigenvalue weighted by molar-refractivity contribution is -0.249. The fourth-order valence-corrected chi connectivity index (χ4v) is 4.88. The first-order valence-corrected chi connectivity index (χ1v) is 9.80. The molecule has 2 aliphatic carbocycles. The Morgan fingerprint density at radius 3 is 2.24 bits per heavy atom. The number of fused-ring (bicyclic) bond motifs is 1. The van der Waals surface area contributed by atoms with Crippen molar-refractivity contribution in [1.82, 2.24) is 5.32 Å². The number of morpholine rings is 1. The minimum atomic E-state index is -0.704. The molecule has 5 rings (SSSR count). The second-order valence-electron chi connectivity index (χ2n) is 8.00. The van der Waals surface area contributed by atoms with Gasteiger partial charge in [-0.1, -0.05) is 12.8 Å². The third kappa shape index (κ3) is 2.90. The Morgan fingerprint density at radius 2 is 1.52 bits per heavy atom. The van der Waals surface area contributed by atoms with Crippen LogP contribution in [0.2, 0.25) is 0 Å². The SMILES string of the molecule is O=C1N[C@H]2OC3(CCCCC3)O[C@H]2O[C@@H]1[C@H]1COC2(CCCCC2)O1. The maximum atomic E-state index is 12.6. The molecule has 140 valence electrons. The van der Waals surface area contributed by atoms with Crippen LogP contribution in [0.15, 0.2) is 0 Å². The van der Waals surface area contributed by atoms with Crippen molar-refractivity contribution < 1.29 is 28.5 Å². The molecule has 0 unspecified atom stereocenters. The molecule has 0 bridgehead atoms. The molecule has 0 radical (unpaired) electrons. The van der Waals surface area contributed by atoms with Gasteiger partial charge in [0.15, 0.2) is 23.9 Å². The van der Waals surface area contributed by atoms with Crippen LogP contribution in [0.1, 0.15) is 64.2 Å². The van der Waals surface area contributed by atoms with Gasteiger partial charge in [-0.05, 0) is 25.7 Å². The monoisotopic (exact) mass is 353 g/mol. The number of nitrogens with one attached hydrogen (secondary N) is 1. The first kappa shape index (κ1) is 16.4. The van der Waals surface area contributed by atoms with E-state index in [1.165, 1.54) is 12.8 Å². The van der Waals surface area contributed by atoms with Crippen molar-refractivity contribution in [2.45, 2.75) is 101 Å². The molecule has 5 aliphatic rings. The van der Waals surface area contributed by atoms with E-state index in [9.17, 15) is 4.79 Å². The molecule has 2 spiro atoms. The summed E-state index contributed by atoms with van der Waals surface area (Å²) in [6, 6.07) is 0. The highest BCUT2D eigenvalue weighted by Crippen LogP contribution is 2.43. The van der Waals surface area contributed by atoms with Crippen LogP contribution >= 0.6 is 0 Å². The number of amides is 1. The van der Waals surface area contributed by atoms with Crippen LogP contribution in [-0.2, 0) is 28.5 Å². The van der Waals surface area contributed by atoms with Crippen LogP contribution in [0, 0.1) is 0 Å². The van der Waals surface area contributed by atoms with Crippen LogP contribution in [0.3, 0.4) is 0 Å². The minimum Gasteiger partial charge on any atom is -0.347 e. The molecule has 3 aliphatic heterocycles. The lowest BCUT2D eigenvalue weighted by Crippen LogP contribution is -2.59. The molecule has 3 saturated heterocycles. The van der Waals surface area contributed by atoms with Gasteiger partial charge in [-0.3, -0.25) is 4.79 Å². The molecule has 7 nitrogen and oxygen atoms in total. The number of carbonyl (C=O) groups excluding carboxylic acids is 1. The Kier molecular flexibility index (Phi) is 4.05. The summed E-state index contributed by atoms with van der Waals surface area (Å²) in [6.45, 7) is 0.390. The molecule has 25 heavy (non-hydrogen) atoms. The third-order valence-corrected chi connectivity index (χ3v) is 6.19. The van der Waals surface area contributed by atoms with Crippen molar-refractivity contribution in [3.05, 3.63) is 0 Å². The van der Waals surface area contributed by atoms with Gasteiger partial charge >= 0.3 is 0 Å². The van der Waals surface area contributed by atoms with E-state index in [2.05, 4.69) is 5.32 Å².